The Morgan fingerprint density at radius 1 is 1.56 bits per heavy atom. The van der Waals surface area contributed by atoms with Gasteiger partial charge in [0.15, 0.2) is 4.34 Å². The third kappa shape index (κ3) is 5.80. The first-order valence-electron chi connectivity index (χ1n) is 6.13. The second kappa shape index (κ2) is 7.72. The molecule has 0 fully saturated rings. The quantitative estimate of drug-likeness (QED) is 0.587. The number of unbranched alkanes of at least 4 members (excludes halogenated alkanes) is 1. The van der Waals surface area contributed by atoms with Crippen LogP contribution in [0.1, 0.15) is 40.0 Å². The zero-order chi connectivity index (χ0) is 13.4. The van der Waals surface area contributed by atoms with Gasteiger partial charge in [0.2, 0.25) is 0 Å². The second-order valence-corrected chi connectivity index (χ2v) is 6.93. The normalized spacial score (nSPS) is 14.4. The largest absolute Gasteiger partial charge is 0.297 e. The summed E-state index contributed by atoms with van der Waals surface area (Å²) in [5.41, 5.74) is 1.35. The Morgan fingerprint density at radius 3 is 2.89 bits per heavy atom. The molecule has 0 aliphatic heterocycles. The third-order valence-corrected chi connectivity index (χ3v) is 4.44. The van der Waals surface area contributed by atoms with Gasteiger partial charge in [-0.2, -0.15) is 5.26 Å². The Labute approximate surface area is 117 Å². The molecule has 0 aliphatic rings. The van der Waals surface area contributed by atoms with Gasteiger partial charge in [-0.1, -0.05) is 23.1 Å². The highest BCUT2D eigenvalue weighted by atomic mass is 32.2. The monoisotopic (exact) mass is 284 g/mol. The van der Waals surface area contributed by atoms with Gasteiger partial charge in [-0.25, -0.2) is 0 Å². The van der Waals surface area contributed by atoms with Gasteiger partial charge in [-0.15, -0.1) is 10.2 Å². The maximum Gasteiger partial charge on any atom is 0.174 e. The standard InChI is InChI=1S/C12H20N4S2/c1-10(2)15-12(3,8-13)6-4-5-7-17-11-16-14-9-18-11/h9-10,15H,4-7H2,1-3H3. The number of rotatable bonds is 8. The minimum Gasteiger partial charge on any atom is -0.297 e. The van der Waals surface area contributed by atoms with Crippen LogP contribution in [0.3, 0.4) is 0 Å². The summed E-state index contributed by atoms with van der Waals surface area (Å²) in [4.78, 5) is 0. The summed E-state index contributed by atoms with van der Waals surface area (Å²) in [7, 11) is 0. The maximum absolute atomic E-state index is 9.21. The lowest BCUT2D eigenvalue weighted by Crippen LogP contribution is -2.44. The molecule has 1 atom stereocenters. The summed E-state index contributed by atoms with van der Waals surface area (Å²) in [6.45, 7) is 6.12. The fraction of sp³-hybridized carbons (Fsp3) is 0.750. The van der Waals surface area contributed by atoms with Crippen molar-refractivity contribution in [3.05, 3.63) is 5.51 Å². The first-order valence-corrected chi connectivity index (χ1v) is 8.00. The molecule has 1 aromatic heterocycles. The molecule has 0 saturated carbocycles. The highest BCUT2D eigenvalue weighted by Gasteiger charge is 2.23. The van der Waals surface area contributed by atoms with E-state index >= 15 is 0 Å². The molecule has 0 aliphatic carbocycles. The fourth-order valence-corrected chi connectivity index (χ4v) is 3.32. The Kier molecular flexibility index (Phi) is 6.61. The van der Waals surface area contributed by atoms with Crippen molar-refractivity contribution < 1.29 is 0 Å². The van der Waals surface area contributed by atoms with E-state index in [9.17, 15) is 5.26 Å². The third-order valence-electron chi connectivity index (χ3n) is 2.49. The van der Waals surface area contributed by atoms with Crippen LogP contribution >= 0.6 is 23.1 Å². The number of hydrogen-bond donors (Lipinski definition) is 1. The first-order chi connectivity index (χ1) is 8.56. The Balaban J connectivity index is 2.18. The maximum atomic E-state index is 9.21. The van der Waals surface area contributed by atoms with E-state index in [1.165, 1.54) is 0 Å². The van der Waals surface area contributed by atoms with Crippen molar-refractivity contribution in [1.82, 2.24) is 15.5 Å². The van der Waals surface area contributed by atoms with Crippen molar-refractivity contribution in [2.75, 3.05) is 5.75 Å². The Morgan fingerprint density at radius 2 is 2.33 bits per heavy atom. The summed E-state index contributed by atoms with van der Waals surface area (Å²) in [6.07, 6.45) is 3.04. The number of hydrogen-bond acceptors (Lipinski definition) is 6. The molecular weight excluding hydrogens is 264 g/mol. The van der Waals surface area contributed by atoms with Crippen LogP contribution in [-0.4, -0.2) is 27.5 Å². The fourth-order valence-electron chi connectivity index (χ4n) is 1.76. The molecule has 0 spiro atoms. The van der Waals surface area contributed by atoms with Gasteiger partial charge in [0.05, 0.1) is 6.07 Å². The molecule has 1 aromatic rings. The van der Waals surface area contributed by atoms with Crippen LogP contribution in [0.5, 0.6) is 0 Å². The molecule has 0 amide bonds. The van der Waals surface area contributed by atoms with Gasteiger partial charge in [0.25, 0.3) is 0 Å². The summed E-state index contributed by atoms with van der Waals surface area (Å²) >= 11 is 3.32. The van der Waals surface area contributed by atoms with E-state index in [4.69, 9.17) is 0 Å². The van der Waals surface area contributed by atoms with Crippen LogP contribution in [0.15, 0.2) is 9.85 Å². The van der Waals surface area contributed by atoms with Gasteiger partial charge >= 0.3 is 0 Å². The van der Waals surface area contributed by atoms with Crippen molar-refractivity contribution in [2.24, 2.45) is 0 Å². The average molecular weight is 284 g/mol. The van der Waals surface area contributed by atoms with Crippen LogP contribution < -0.4 is 5.32 Å². The summed E-state index contributed by atoms with van der Waals surface area (Å²) in [5, 5.41) is 20.3. The van der Waals surface area contributed by atoms with E-state index in [2.05, 4.69) is 35.4 Å². The summed E-state index contributed by atoms with van der Waals surface area (Å²) < 4.78 is 1.03. The minimum atomic E-state index is -0.401. The average Bonchev–Trinajstić information content (AvgIpc) is 2.80. The lowest BCUT2D eigenvalue weighted by Gasteiger charge is -2.25. The van der Waals surface area contributed by atoms with E-state index in [0.717, 1.165) is 29.4 Å². The van der Waals surface area contributed by atoms with Gasteiger partial charge in [0.1, 0.15) is 11.0 Å². The van der Waals surface area contributed by atoms with E-state index in [0.29, 0.717) is 6.04 Å². The van der Waals surface area contributed by atoms with Crippen molar-refractivity contribution in [1.29, 1.82) is 5.26 Å². The molecule has 1 heterocycles. The molecule has 4 nitrogen and oxygen atoms in total. The van der Waals surface area contributed by atoms with E-state index in [1.807, 2.05) is 6.92 Å². The molecule has 1 rings (SSSR count). The van der Waals surface area contributed by atoms with E-state index in [1.54, 1.807) is 28.6 Å². The number of nitrogens with one attached hydrogen (secondary N) is 1. The van der Waals surface area contributed by atoms with Gasteiger partial charge in [0, 0.05) is 11.8 Å². The van der Waals surface area contributed by atoms with Crippen molar-refractivity contribution in [3.63, 3.8) is 0 Å². The van der Waals surface area contributed by atoms with Crippen molar-refractivity contribution in [3.8, 4) is 6.07 Å². The zero-order valence-electron chi connectivity index (χ0n) is 11.1. The molecule has 0 aromatic carbocycles. The highest BCUT2D eigenvalue weighted by molar-refractivity contribution is 8.00. The summed E-state index contributed by atoms with van der Waals surface area (Å²) in [6, 6.07) is 2.71. The Hall–Kier alpha value is -0.640. The topological polar surface area (TPSA) is 61.6 Å². The molecule has 6 heteroatoms. The van der Waals surface area contributed by atoms with Gasteiger partial charge in [-0.3, -0.25) is 5.32 Å². The lowest BCUT2D eigenvalue weighted by atomic mass is 9.96. The predicted molar refractivity (Wildman–Crippen MR) is 76.8 cm³/mol. The van der Waals surface area contributed by atoms with Gasteiger partial charge < -0.3 is 0 Å². The van der Waals surface area contributed by atoms with Crippen LogP contribution in [0.2, 0.25) is 0 Å². The van der Waals surface area contributed by atoms with Crippen LogP contribution in [-0.2, 0) is 0 Å². The SMILES string of the molecule is CC(C)NC(C)(C#N)CCCCSc1nncs1. The van der Waals surface area contributed by atoms with Crippen LogP contribution in [0.4, 0.5) is 0 Å². The molecule has 18 heavy (non-hydrogen) atoms. The first kappa shape index (κ1) is 15.4. The smallest absolute Gasteiger partial charge is 0.174 e. The highest BCUT2D eigenvalue weighted by Crippen LogP contribution is 2.21. The number of aromatic nitrogens is 2. The van der Waals surface area contributed by atoms with Crippen LogP contribution in [0.25, 0.3) is 0 Å². The Bertz CT molecular complexity index is 372. The molecule has 0 bridgehead atoms. The number of thioether (sulfide) groups is 1. The number of nitrogens with zero attached hydrogens (tertiary/aromatic N) is 3. The van der Waals surface area contributed by atoms with E-state index in [-0.39, 0.29) is 0 Å². The molecule has 0 saturated heterocycles. The lowest BCUT2D eigenvalue weighted by molar-refractivity contribution is 0.372. The van der Waals surface area contributed by atoms with Crippen molar-refractivity contribution >= 4 is 23.1 Å². The molecule has 1 N–H and O–H groups in total. The molecule has 100 valence electrons. The molecule has 1 unspecified atom stereocenters. The van der Waals surface area contributed by atoms with Crippen molar-refractivity contribution in [2.45, 2.75) is 56.0 Å². The summed E-state index contributed by atoms with van der Waals surface area (Å²) in [5.74, 6) is 1.04. The molecule has 0 radical (unpaired) electrons. The minimum absolute atomic E-state index is 0.338. The van der Waals surface area contributed by atoms with Crippen LogP contribution in [0, 0.1) is 11.3 Å². The zero-order valence-corrected chi connectivity index (χ0v) is 12.8. The number of nitriles is 1. The predicted octanol–water partition coefficient (Wildman–Crippen LogP) is 3.08. The van der Waals surface area contributed by atoms with Gasteiger partial charge in [-0.05, 0) is 40.0 Å². The van der Waals surface area contributed by atoms with E-state index < -0.39 is 5.54 Å². The molecular formula is C12H20N4S2. The second-order valence-electron chi connectivity index (χ2n) is 4.75.